The molecule has 0 amide bonds. The van der Waals surface area contributed by atoms with Crippen LogP contribution < -0.4 is 10.2 Å². The Kier molecular flexibility index (Phi) is 1.99. The molecule has 3 nitrogen and oxygen atoms in total. The van der Waals surface area contributed by atoms with E-state index in [0.29, 0.717) is 12.4 Å². The van der Waals surface area contributed by atoms with Crippen LogP contribution in [0.5, 0.6) is 0 Å². The number of benzene rings is 1. The highest BCUT2D eigenvalue weighted by atomic mass is 19.1. The number of aromatic nitrogens is 1. The number of fused-ring (bicyclic) bond motifs is 1. The molecule has 0 saturated heterocycles. The largest absolute Gasteiger partial charge is 0.351 e. The third-order valence-electron chi connectivity index (χ3n) is 2.63. The van der Waals surface area contributed by atoms with Crippen LogP contribution in [0.25, 0.3) is 0 Å². The molecule has 0 unspecified atom stereocenters. The van der Waals surface area contributed by atoms with Crippen molar-refractivity contribution in [1.82, 2.24) is 4.98 Å². The molecule has 0 bridgehead atoms. The molecule has 0 atom stereocenters. The van der Waals surface area contributed by atoms with Gasteiger partial charge in [0.05, 0.1) is 18.0 Å². The van der Waals surface area contributed by atoms with E-state index >= 15 is 0 Å². The van der Waals surface area contributed by atoms with E-state index in [-0.39, 0.29) is 5.82 Å². The summed E-state index contributed by atoms with van der Waals surface area (Å²) in [6.07, 6.45) is 1.72. The molecular formula is C12H10FN3. The molecule has 0 fully saturated rings. The Balaban J connectivity index is 2.08. The van der Waals surface area contributed by atoms with Crippen LogP contribution in [0.2, 0.25) is 0 Å². The highest BCUT2D eigenvalue weighted by Gasteiger charge is 2.22. The molecule has 1 aromatic carbocycles. The number of halogens is 1. The quantitative estimate of drug-likeness (QED) is 0.792. The topological polar surface area (TPSA) is 28.2 Å². The van der Waals surface area contributed by atoms with E-state index in [1.54, 1.807) is 18.3 Å². The molecule has 4 heteroatoms. The summed E-state index contributed by atoms with van der Waals surface area (Å²) in [6.45, 7) is 0.549. The summed E-state index contributed by atoms with van der Waals surface area (Å²) in [5.41, 5.74) is 1.48. The van der Waals surface area contributed by atoms with Crippen molar-refractivity contribution < 1.29 is 4.39 Å². The molecule has 1 N–H and O–H groups in total. The summed E-state index contributed by atoms with van der Waals surface area (Å²) < 4.78 is 13.6. The van der Waals surface area contributed by atoms with Crippen LogP contribution in [0.3, 0.4) is 0 Å². The van der Waals surface area contributed by atoms with Crippen molar-refractivity contribution >= 4 is 17.2 Å². The standard InChI is InChI=1S/C12H10FN3/c13-9-4-1-2-5-10(9)16-8-15-12-11(16)6-3-7-14-12/h1-7H,8H2,(H,14,15). The third-order valence-corrected chi connectivity index (χ3v) is 2.63. The molecule has 1 aliphatic heterocycles. The number of pyridine rings is 1. The lowest BCUT2D eigenvalue weighted by Crippen LogP contribution is -2.17. The second kappa shape index (κ2) is 3.48. The summed E-state index contributed by atoms with van der Waals surface area (Å²) in [5.74, 6) is 0.576. The Morgan fingerprint density at radius 2 is 1.94 bits per heavy atom. The molecular weight excluding hydrogens is 205 g/mol. The zero-order valence-corrected chi connectivity index (χ0v) is 8.52. The summed E-state index contributed by atoms with van der Waals surface area (Å²) in [5, 5.41) is 3.12. The van der Waals surface area contributed by atoms with Crippen molar-refractivity contribution in [2.45, 2.75) is 0 Å². The molecule has 0 radical (unpaired) electrons. The molecule has 1 aromatic heterocycles. The van der Waals surface area contributed by atoms with Gasteiger partial charge in [0.1, 0.15) is 5.82 Å². The van der Waals surface area contributed by atoms with E-state index in [0.717, 1.165) is 11.5 Å². The smallest absolute Gasteiger partial charge is 0.151 e. The highest BCUT2D eigenvalue weighted by Crippen LogP contribution is 2.35. The molecule has 0 aliphatic carbocycles. The van der Waals surface area contributed by atoms with Gasteiger partial charge in [0.25, 0.3) is 0 Å². The van der Waals surface area contributed by atoms with Gasteiger partial charge in [0.2, 0.25) is 0 Å². The van der Waals surface area contributed by atoms with Gasteiger partial charge < -0.3 is 10.2 Å². The van der Waals surface area contributed by atoms with E-state index < -0.39 is 0 Å². The number of nitrogens with zero attached hydrogens (tertiary/aromatic N) is 2. The maximum atomic E-state index is 13.6. The van der Waals surface area contributed by atoms with Crippen molar-refractivity contribution in [2.24, 2.45) is 0 Å². The number of anilines is 3. The van der Waals surface area contributed by atoms with Gasteiger partial charge in [-0.15, -0.1) is 0 Å². The van der Waals surface area contributed by atoms with Crippen LogP contribution in [-0.4, -0.2) is 11.7 Å². The fraction of sp³-hybridized carbons (Fsp3) is 0.0833. The first-order chi connectivity index (χ1) is 7.86. The first-order valence-electron chi connectivity index (χ1n) is 5.07. The summed E-state index contributed by atoms with van der Waals surface area (Å²) in [4.78, 5) is 6.06. The van der Waals surface area contributed by atoms with Gasteiger partial charge in [-0.05, 0) is 24.3 Å². The maximum absolute atomic E-state index is 13.6. The van der Waals surface area contributed by atoms with E-state index in [1.165, 1.54) is 6.07 Å². The Morgan fingerprint density at radius 1 is 1.12 bits per heavy atom. The molecule has 0 saturated carbocycles. The van der Waals surface area contributed by atoms with Crippen LogP contribution in [0.4, 0.5) is 21.6 Å². The van der Waals surface area contributed by atoms with Gasteiger partial charge in [-0.1, -0.05) is 12.1 Å². The molecule has 80 valence electrons. The number of hydrogen-bond donors (Lipinski definition) is 1. The van der Waals surface area contributed by atoms with Crippen molar-refractivity contribution in [1.29, 1.82) is 0 Å². The summed E-state index contributed by atoms with van der Waals surface area (Å²) >= 11 is 0. The minimum atomic E-state index is -0.221. The van der Waals surface area contributed by atoms with Crippen molar-refractivity contribution in [2.75, 3.05) is 16.9 Å². The lowest BCUT2D eigenvalue weighted by Gasteiger charge is -2.18. The van der Waals surface area contributed by atoms with Gasteiger partial charge in [0, 0.05) is 6.20 Å². The Morgan fingerprint density at radius 3 is 2.81 bits per heavy atom. The predicted octanol–water partition coefficient (Wildman–Crippen LogP) is 2.74. The number of rotatable bonds is 1. The van der Waals surface area contributed by atoms with Crippen LogP contribution in [0.15, 0.2) is 42.6 Å². The Labute approximate surface area is 92.5 Å². The van der Waals surface area contributed by atoms with E-state index in [1.807, 2.05) is 23.1 Å². The van der Waals surface area contributed by atoms with Gasteiger partial charge in [-0.2, -0.15) is 0 Å². The van der Waals surface area contributed by atoms with Crippen LogP contribution in [-0.2, 0) is 0 Å². The second-order valence-corrected chi connectivity index (χ2v) is 3.59. The minimum absolute atomic E-state index is 0.221. The van der Waals surface area contributed by atoms with E-state index in [2.05, 4.69) is 10.3 Å². The fourth-order valence-electron chi connectivity index (χ4n) is 1.88. The van der Waals surface area contributed by atoms with E-state index in [4.69, 9.17) is 0 Å². The van der Waals surface area contributed by atoms with Crippen LogP contribution in [0, 0.1) is 5.82 Å². The molecule has 2 aromatic rings. The first-order valence-corrected chi connectivity index (χ1v) is 5.07. The number of hydrogen-bond acceptors (Lipinski definition) is 3. The predicted molar refractivity (Wildman–Crippen MR) is 61.3 cm³/mol. The van der Waals surface area contributed by atoms with Gasteiger partial charge in [-0.3, -0.25) is 0 Å². The first kappa shape index (κ1) is 9.15. The summed E-state index contributed by atoms with van der Waals surface area (Å²) in [6, 6.07) is 10.5. The Hall–Kier alpha value is -2.10. The molecule has 0 spiro atoms. The second-order valence-electron chi connectivity index (χ2n) is 3.59. The number of para-hydroxylation sites is 1. The summed E-state index contributed by atoms with van der Waals surface area (Å²) in [7, 11) is 0. The average Bonchev–Trinajstić information content (AvgIpc) is 2.74. The molecule has 1 aliphatic rings. The SMILES string of the molecule is Fc1ccccc1N1CNc2ncccc21. The van der Waals surface area contributed by atoms with E-state index in [9.17, 15) is 4.39 Å². The zero-order chi connectivity index (χ0) is 11.0. The van der Waals surface area contributed by atoms with Crippen molar-refractivity contribution in [3.63, 3.8) is 0 Å². The third kappa shape index (κ3) is 1.31. The van der Waals surface area contributed by atoms with Crippen LogP contribution >= 0.6 is 0 Å². The van der Waals surface area contributed by atoms with Gasteiger partial charge in [0.15, 0.2) is 5.82 Å². The molecule has 2 heterocycles. The van der Waals surface area contributed by atoms with Gasteiger partial charge >= 0.3 is 0 Å². The van der Waals surface area contributed by atoms with Crippen molar-refractivity contribution in [3.05, 3.63) is 48.4 Å². The molecule has 16 heavy (non-hydrogen) atoms. The zero-order valence-electron chi connectivity index (χ0n) is 8.52. The lowest BCUT2D eigenvalue weighted by molar-refractivity contribution is 0.626. The average molecular weight is 215 g/mol. The Bertz CT molecular complexity index is 527. The normalized spacial score (nSPS) is 13.4. The maximum Gasteiger partial charge on any atom is 0.151 e. The van der Waals surface area contributed by atoms with Crippen LogP contribution in [0.1, 0.15) is 0 Å². The molecule has 3 rings (SSSR count). The highest BCUT2D eigenvalue weighted by molar-refractivity contribution is 5.78. The minimum Gasteiger partial charge on any atom is -0.351 e. The van der Waals surface area contributed by atoms with Crippen molar-refractivity contribution in [3.8, 4) is 0 Å². The lowest BCUT2D eigenvalue weighted by atomic mass is 10.2. The number of nitrogens with one attached hydrogen (secondary N) is 1. The van der Waals surface area contributed by atoms with Gasteiger partial charge in [-0.25, -0.2) is 9.37 Å². The monoisotopic (exact) mass is 215 g/mol. The fourth-order valence-corrected chi connectivity index (χ4v) is 1.88.